The van der Waals surface area contributed by atoms with E-state index in [4.69, 9.17) is 9.84 Å². The topological polar surface area (TPSA) is 57.6 Å². The molecule has 2 N–H and O–H groups in total. The van der Waals surface area contributed by atoms with E-state index in [0.29, 0.717) is 19.2 Å². The molecule has 1 aromatic rings. The number of anilines is 2. The summed E-state index contributed by atoms with van der Waals surface area (Å²) in [6.45, 7) is 3.54. The average Bonchev–Trinajstić information content (AvgIpc) is 2.39. The Morgan fingerprint density at radius 3 is 3.18 bits per heavy atom. The number of nitrogens with one attached hydrogen (secondary N) is 1. The van der Waals surface area contributed by atoms with Crippen LogP contribution in [-0.4, -0.2) is 49.0 Å². The molecule has 1 aromatic heterocycles. The second kappa shape index (κ2) is 5.33. The third kappa shape index (κ3) is 2.68. The molecule has 1 fully saturated rings. The maximum Gasteiger partial charge on any atom is 0.127 e. The molecule has 0 amide bonds. The van der Waals surface area contributed by atoms with Crippen LogP contribution in [0.3, 0.4) is 0 Å². The van der Waals surface area contributed by atoms with Gasteiger partial charge in [-0.05, 0) is 13.0 Å². The highest BCUT2D eigenvalue weighted by atomic mass is 16.5. The van der Waals surface area contributed by atoms with Crippen molar-refractivity contribution in [1.29, 1.82) is 0 Å². The highest BCUT2D eigenvalue weighted by Crippen LogP contribution is 2.23. The van der Waals surface area contributed by atoms with Crippen molar-refractivity contribution in [2.45, 2.75) is 19.1 Å². The fraction of sp³-hybridized carbons (Fsp3) is 0.583. The van der Waals surface area contributed by atoms with Crippen molar-refractivity contribution in [2.75, 3.05) is 37.0 Å². The van der Waals surface area contributed by atoms with Gasteiger partial charge in [0.2, 0.25) is 0 Å². The number of aliphatic hydroxyl groups is 1. The van der Waals surface area contributed by atoms with Crippen LogP contribution in [0, 0.1) is 0 Å². The summed E-state index contributed by atoms with van der Waals surface area (Å²) in [7, 11) is 1.85. The van der Waals surface area contributed by atoms with E-state index in [1.54, 1.807) is 6.20 Å². The van der Waals surface area contributed by atoms with Crippen LogP contribution in [0.2, 0.25) is 0 Å². The minimum atomic E-state index is -0.0996. The molecule has 2 atom stereocenters. The Hall–Kier alpha value is -1.33. The molecule has 1 aliphatic rings. The first-order valence-corrected chi connectivity index (χ1v) is 5.87. The standard InChI is InChI=1S/C12H19N3O2/c1-9-8-17-11(7-16)6-15(9)10-3-4-14-12(5-10)13-2/h3-5,9,11,16H,6-8H2,1-2H3,(H,13,14). The predicted octanol–water partition coefficient (Wildman–Crippen LogP) is 0.709. The zero-order chi connectivity index (χ0) is 12.3. The van der Waals surface area contributed by atoms with Gasteiger partial charge in [-0.2, -0.15) is 0 Å². The third-order valence-corrected chi connectivity index (χ3v) is 3.04. The molecule has 0 spiro atoms. The van der Waals surface area contributed by atoms with Gasteiger partial charge in [-0.15, -0.1) is 0 Å². The molecule has 0 radical (unpaired) electrons. The molecule has 2 heterocycles. The van der Waals surface area contributed by atoms with Crippen LogP contribution in [0.1, 0.15) is 6.92 Å². The molecule has 17 heavy (non-hydrogen) atoms. The van der Waals surface area contributed by atoms with Gasteiger partial charge in [0.15, 0.2) is 0 Å². The zero-order valence-corrected chi connectivity index (χ0v) is 10.3. The van der Waals surface area contributed by atoms with Crippen molar-refractivity contribution in [3.8, 4) is 0 Å². The molecule has 0 bridgehead atoms. The van der Waals surface area contributed by atoms with Crippen molar-refractivity contribution in [1.82, 2.24) is 4.98 Å². The fourth-order valence-electron chi connectivity index (χ4n) is 2.02. The largest absolute Gasteiger partial charge is 0.394 e. The third-order valence-electron chi connectivity index (χ3n) is 3.04. The molecule has 2 unspecified atom stereocenters. The molecule has 1 saturated heterocycles. The monoisotopic (exact) mass is 237 g/mol. The Morgan fingerprint density at radius 1 is 1.65 bits per heavy atom. The molecular weight excluding hydrogens is 218 g/mol. The Bertz CT molecular complexity index is 373. The number of hydrogen-bond donors (Lipinski definition) is 2. The molecular formula is C12H19N3O2. The van der Waals surface area contributed by atoms with Gasteiger partial charge in [0.1, 0.15) is 5.82 Å². The van der Waals surface area contributed by atoms with Crippen LogP contribution < -0.4 is 10.2 Å². The minimum absolute atomic E-state index is 0.0627. The minimum Gasteiger partial charge on any atom is -0.394 e. The van der Waals surface area contributed by atoms with E-state index < -0.39 is 0 Å². The number of aliphatic hydroxyl groups excluding tert-OH is 1. The van der Waals surface area contributed by atoms with Gasteiger partial charge in [0.25, 0.3) is 0 Å². The first-order chi connectivity index (χ1) is 8.24. The van der Waals surface area contributed by atoms with Crippen LogP contribution in [0.4, 0.5) is 11.5 Å². The normalized spacial score (nSPS) is 24.8. The van der Waals surface area contributed by atoms with E-state index in [0.717, 1.165) is 11.5 Å². The summed E-state index contributed by atoms with van der Waals surface area (Å²) in [5, 5.41) is 12.2. The maximum atomic E-state index is 9.17. The lowest BCUT2D eigenvalue weighted by molar-refractivity contribution is -0.0103. The zero-order valence-electron chi connectivity index (χ0n) is 10.3. The van der Waals surface area contributed by atoms with Crippen LogP contribution in [-0.2, 0) is 4.74 Å². The number of morpholine rings is 1. The molecule has 1 aliphatic heterocycles. The number of aromatic nitrogens is 1. The second-order valence-corrected chi connectivity index (χ2v) is 4.29. The lowest BCUT2D eigenvalue weighted by Gasteiger charge is -2.39. The molecule has 94 valence electrons. The summed E-state index contributed by atoms with van der Waals surface area (Å²) in [6.07, 6.45) is 1.69. The number of pyridine rings is 1. The van der Waals surface area contributed by atoms with Crippen molar-refractivity contribution in [3.05, 3.63) is 18.3 Å². The van der Waals surface area contributed by atoms with E-state index >= 15 is 0 Å². The Labute approximate surface area is 101 Å². The summed E-state index contributed by atoms with van der Waals surface area (Å²) in [5.74, 6) is 0.849. The van der Waals surface area contributed by atoms with Crippen LogP contribution in [0.15, 0.2) is 18.3 Å². The predicted molar refractivity (Wildman–Crippen MR) is 67.4 cm³/mol. The van der Waals surface area contributed by atoms with Gasteiger partial charge >= 0.3 is 0 Å². The molecule has 2 rings (SSSR count). The summed E-state index contributed by atoms with van der Waals surface area (Å²) < 4.78 is 5.52. The molecule has 0 saturated carbocycles. The number of nitrogens with zero attached hydrogens (tertiary/aromatic N) is 2. The molecule has 0 aromatic carbocycles. The summed E-state index contributed by atoms with van der Waals surface area (Å²) in [6, 6.07) is 4.30. The maximum absolute atomic E-state index is 9.17. The Kier molecular flexibility index (Phi) is 3.81. The fourth-order valence-corrected chi connectivity index (χ4v) is 2.02. The first kappa shape index (κ1) is 12.1. The van der Waals surface area contributed by atoms with Crippen molar-refractivity contribution in [3.63, 3.8) is 0 Å². The Balaban J connectivity index is 2.18. The van der Waals surface area contributed by atoms with Gasteiger partial charge in [-0.1, -0.05) is 0 Å². The average molecular weight is 237 g/mol. The highest BCUT2D eigenvalue weighted by molar-refractivity contribution is 5.54. The van der Waals surface area contributed by atoms with E-state index in [9.17, 15) is 0 Å². The quantitative estimate of drug-likeness (QED) is 0.811. The van der Waals surface area contributed by atoms with Crippen LogP contribution >= 0.6 is 0 Å². The van der Waals surface area contributed by atoms with Crippen molar-refractivity contribution >= 4 is 11.5 Å². The summed E-state index contributed by atoms with van der Waals surface area (Å²) in [5.41, 5.74) is 1.11. The van der Waals surface area contributed by atoms with E-state index in [1.807, 2.05) is 19.2 Å². The molecule has 5 heteroatoms. The van der Waals surface area contributed by atoms with E-state index in [2.05, 4.69) is 22.1 Å². The first-order valence-electron chi connectivity index (χ1n) is 5.87. The van der Waals surface area contributed by atoms with Gasteiger partial charge in [0.05, 0.1) is 19.3 Å². The van der Waals surface area contributed by atoms with Crippen molar-refractivity contribution in [2.24, 2.45) is 0 Å². The molecule has 5 nitrogen and oxygen atoms in total. The number of ether oxygens (including phenoxy) is 1. The van der Waals surface area contributed by atoms with Gasteiger partial charge in [-0.3, -0.25) is 0 Å². The summed E-state index contributed by atoms with van der Waals surface area (Å²) in [4.78, 5) is 6.44. The Morgan fingerprint density at radius 2 is 2.47 bits per heavy atom. The smallest absolute Gasteiger partial charge is 0.127 e. The molecule has 0 aliphatic carbocycles. The van der Waals surface area contributed by atoms with Gasteiger partial charge < -0.3 is 20.1 Å². The lowest BCUT2D eigenvalue weighted by atomic mass is 10.1. The number of rotatable bonds is 3. The van der Waals surface area contributed by atoms with Crippen molar-refractivity contribution < 1.29 is 9.84 Å². The highest BCUT2D eigenvalue weighted by Gasteiger charge is 2.25. The SMILES string of the molecule is CNc1cc(N2CC(CO)OCC2C)ccn1. The second-order valence-electron chi connectivity index (χ2n) is 4.29. The number of hydrogen-bond acceptors (Lipinski definition) is 5. The van der Waals surface area contributed by atoms with Crippen LogP contribution in [0.25, 0.3) is 0 Å². The van der Waals surface area contributed by atoms with E-state index in [-0.39, 0.29) is 12.7 Å². The van der Waals surface area contributed by atoms with E-state index in [1.165, 1.54) is 0 Å². The van der Waals surface area contributed by atoms with Gasteiger partial charge in [-0.25, -0.2) is 4.98 Å². The lowest BCUT2D eigenvalue weighted by Crippen LogP contribution is -2.49. The van der Waals surface area contributed by atoms with Gasteiger partial charge in [0, 0.05) is 37.6 Å². The summed E-state index contributed by atoms with van der Waals surface area (Å²) >= 11 is 0. The van der Waals surface area contributed by atoms with Crippen LogP contribution in [0.5, 0.6) is 0 Å².